The fourth-order valence-electron chi connectivity index (χ4n) is 3.50. The maximum Gasteiger partial charge on any atom is 0.225 e. The molecule has 6 heteroatoms. The van der Waals surface area contributed by atoms with Crippen LogP contribution in [0.2, 0.25) is 0 Å². The molecule has 3 atom stereocenters. The smallest absolute Gasteiger partial charge is 0.225 e. The van der Waals surface area contributed by atoms with E-state index in [9.17, 15) is 4.79 Å². The number of rotatable bonds is 3. The topological polar surface area (TPSA) is 58.6 Å². The quantitative estimate of drug-likeness (QED) is 0.819. The van der Waals surface area contributed by atoms with Gasteiger partial charge in [-0.25, -0.2) is 9.97 Å². The van der Waals surface area contributed by atoms with Crippen LogP contribution >= 0.6 is 0 Å². The van der Waals surface area contributed by atoms with Gasteiger partial charge in [-0.1, -0.05) is 0 Å². The van der Waals surface area contributed by atoms with Gasteiger partial charge in [0.15, 0.2) is 0 Å². The summed E-state index contributed by atoms with van der Waals surface area (Å²) < 4.78 is 6.08. The van der Waals surface area contributed by atoms with Crippen LogP contribution in [0.3, 0.4) is 0 Å². The number of anilines is 1. The molecule has 4 heterocycles. The molecule has 4 rings (SSSR count). The first-order valence-corrected chi connectivity index (χ1v) is 7.75. The third-order valence-electron chi connectivity index (χ3n) is 4.76. The van der Waals surface area contributed by atoms with E-state index in [4.69, 9.17) is 4.74 Å². The van der Waals surface area contributed by atoms with E-state index in [0.29, 0.717) is 12.3 Å². The van der Waals surface area contributed by atoms with Crippen LogP contribution in [-0.4, -0.2) is 59.2 Å². The Balaban J connectivity index is 1.32. The van der Waals surface area contributed by atoms with Gasteiger partial charge in [0.2, 0.25) is 11.9 Å². The maximum absolute atomic E-state index is 12.0. The molecule has 3 aliphatic rings. The van der Waals surface area contributed by atoms with Crippen molar-refractivity contribution in [3.05, 3.63) is 18.5 Å². The Hall–Kier alpha value is -1.69. The van der Waals surface area contributed by atoms with Crippen molar-refractivity contribution in [2.75, 3.05) is 31.1 Å². The van der Waals surface area contributed by atoms with Gasteiger partial charge in [-0.3, -0.25) is 4.79 Å². The number of carbonyl (C=O) groups excluding carboxylic acids is 1. The number of likely N-dealkylation sites (tertiary alicyclic amines) is 1. The van der Waals surface area contributed by atoms with E-state index in [1.165, 1.54) is 0 Å². The fraction of sp³-hybridized carbons (Fsp3) is 0.667. The molecule has 1 aromatic heterocycles. The minimum Gasteiger partial charge on any atom is -0.372 e. The maximum atomic E-state index is 12.0. The largest absolute Gasteiger partial charge is 0.372 e. The second-order valence-electron chi connectivity index (χ2n) is 6.18. The second-order valence-corrected chi connectivity index (χ2v) is 6.18. The highest BCUT2D eigenvalue weighted by Gasteiger charge is 2.43. The zero-order valence-corrected chi connectivity index (χ0v) is 12.0. The molecular weight excluding hydrogens is 268 g/mol. The van der Waals surface area contributed by atoms with Gasteiger partial charge in [-0.2, -0.15) is 0 Å². The number of hydrogen-bond acceptors (Lipinski definition) is 5. The number of ether oxygens (including phenoxy) is 1. The molecule has 112 valence electrons. The molecule has 3 aliphatic heterocycles. The van der Waals surface area contributed by atoms with E-state index in [1.807, 2.05) is 11.0 Å². The highest BCUT2D eigenvalue weighted by atomic mass is 16.5. The predicted octanol–water partition coefficient (Wildman–Crippen LogP) is 0.693. The molecule has 0 saturated carbocycles. The zero-order valence-electron chi connectivity index (χ0n) is 12.0. The minimum absolute atomic E-state index is 0.104. The molecule has 0 radical (unpaired) electrons. The standard InChI is InChI=1S/C15H20N4O2/c20-14(18-5-2-6-18)8-12-7-11-9-19(10-13(11)21-12)15-16-3-1-4-17-15/h1,3-4,11-13H,2,5-10H2/t11-,12+,13+/m1/s1. The monoisotopic (exact) mass is 288 g/mol. The number of carbonyl (C=O) groups is 1. The lowest BCUT2D eigenvalue weighted by atomic mass is 10.0. The van der Waals surface area contributed by atoms with Crippen molar-refractivity contribution in [1.29, 1.82) is 0 Å². The van der Waals surface area contributed by atoms with Crippen molar-refractivity contribution in [1.82, 2.24) is 14.9 Å². The van der Waals surface area contributed by atoms with Crippen LogP contribution in [0.5, 0.6) is 0 Å². The molecule has 0 N–H and O–H groups in total. The first-order chi connectivity index (χ1) is 10.3. The summed E-state index contributed by atoms with van der Waals surface area (Å²) in [6.07, 6.45) is 6.55. The molecule has 6 nitrogen and oxygen atoms in total. The first-order valence-electron chi connectivity index (χ1n) is 7.75. The number of hydrogen-bond donors (Lipinski definition) is 0. The fourth-order valence-corrected chi connectivity index (χ4v) is 3.50. The van der Waals surface area contributed by atoms with Crippen LogP contribution in [0.4, 0.5) is 5.95 Å². The molecule has 1 aromatic rings. The first kappa shape index (κ1) is 13.0. The number of aromatic nitrogens is 2. The Bertz CT molecular complexity index is 506. The lowest BCUT2D eigenvalue weighted by Crippen LogP contribution is -2.43. The summed E-state index contributed by atoms with van der Waals surface area (Å²) in [7, 11) is 0. The van der Waals surface area contributed by atoms with Crippen molar-refractivity contribution in [3.63, 3.8) is 0 Å². The third kappa shape index (κ3) is 2.48. The van der Waals surface area contributed by atoms with Crippen LogP contribution in [0.1, 0.15) is 19.3 Å². The van der Waals surface area contributed by atoms with E-state index in [2.05, 4.69) is 14.9 Å². The average Bonchev–Trinajstić information content (AvgIpc) is 2.95. The van der Waals surface area contributed by atoms with Gasteiger partial charge >= 0.3 is 0 Å². The number of nitrogens with zero attached hydrogens (tertiary/aromatic N) is 4. The van der Waals surface area contributed by atoms with Crippen LogP contribution in [0.25, 0.3) is 0 Å². The van der Waals surface area contributed by atoms with E-state index in [0.717, 1.165) is 45.0 Å². The molecule has 1 amide bonds. The summed E-state index contributed by atoms with van der Waals surface area (Å²) >= 11 is 0. The van der Waals surface area contributed by atoms with Crippen LogP contribution in [0.15, 0.2) is 18.5 Å². The van der Waals surface area contributed by atoms with Crippen molar-refractivity contribution >= 4 is 11.9 Å². The Labute approximate surface area is 124 Å². The van der Waals surface area contributed by atoms with Crippen molar-refractivity contribution < 1.29 is 9.53 Å². The van der Waals surface area contributed by atoms with Gasteiger partial charge in [0.25, 0.3) is 0 Å². The summed E-state index contributed by atoms with van der Waals surface area (Å²) in [4.78, 5) is 24.7. The van der Waals surface area contributed by atoms with Gasteiger partial charge in [-0.05, 0) is 18.9 Å². The van der Waals surface area contributed by atoms with Crippen molar-refractivity contribution in [2.45, 2.75) is 31.5 Å². The highest BCUT2D eigenvalue weighted by Crippen LogP contribution is 2.35. The summed E-state index contributed by atoms with van der Waals surface area (Å²) in [6.45, 7) is 3.63. The molecular formula is C15H20N4O2. The highest BCUT2D eigenvalue weighted by molar-refractivity contribution is 5.77. The van der Waals surface area contributed by atoms with E-state index in [1.54, 1.807) is 12.4 Å². The normalized spacial score (nSPS) is 31.1. The predicted molar refractivity (Wildman–Crippen MR) is 76.8 cm³/mol. The van der Waals surface area contributed by atoms with Gasteiger partial charge in [0.05, 0.1) is 18.6 Å². The average molecular weight is 288 g/mol. The minimum atomic E-state index is 0.104. The summed E-state index contributed by atoms with van der Waals surface area (Å²) in [5.74, 6) is 1.54. The van der Waals surface area contributed by atoms with Gasteiger partial charge in [0, 0.05) is 44.5 Å². The third-order valence-corrected chi connectivity index (χ3v) is 4.76. The van der Waals surface area contributed by atoms with Crippen LogP contribution < -0.4 is 4.90 Å². The Kier molecular flexibility index (Phi) is 3.25. The Morgan fingerprint density at radius 2 is 2.10 bits per heavy atom. The zero-order chi connectivity index (χ0) is 14.2. The summed E-state index contributed by atoms with van der Waals surface area (Å²) in [5, 5.41) is 0. The van der Waals surface area contributed by atoms with Crippen LogP contribution in [0, 0.1) is 5.92 Å². The van der Waals surface area contributed by atoms with Crippen molar-refractivity contribution in [2.24, 2.45) is 5.92 Å². The molecule has 21 heavy (non-hydrogen) atoms. The molecule has 3 fully saturated rings. The summed E-state index contributed by atoms with van der Waals surface area (Å²) in [6, 6.07) is 1.83. The molecule has 0 bridgehead atoms. The molecule has 0 spiro atoms. The molecule has 3 saturated heterocycles. The van der Waals surface area contributed by atoms with Crippen LogP contribution in [-0.2, 0) is 9.53 Å². The molecule has 0 aliphatic carbocycles. The van der Waals surface area contributed by atoms with E-state index in [-0.39, 0.29) is 18.1 Å². The molecule has 0 unspecified atom stereocenters. The van der Waals surface area contributed by atoms with E-state index < -0.39 is 0 Å². The lowest BCUT2D eigenvalue weighted by molar-refractivity contribution is -0.137. The number of amides is 1. The van der Waals surface area contributed by atoms with Crippen molar-refractivity contribution in [3.8, 4) is 0 Å². The SMILES string of the molecule is O=C(C[C@@H]1C[C@@H]2CN(c3ncccn3)C[C@@H]2O1)N1CCC1. The second kappa shape index (κ2) is 5.26. The Morgan fingerprint density at radius 1 is 1.29 bits per heavy atom. The van der Waals surface area contributed by atoms with E-state index >= 15 is 0 Å². The Morgan fingerprint density at radius 3 is 2.76 bits per heavy atom. The lowest BCUT2D eigenvalue weighted by Gasteiger charge is -2.31. The van der Waals surface area contributed by atoms with Gasteiger partial charge in [-0.15, -0.1) is 0 Å². The molecule has 0 aromatic carbocycles. The number of fused-ring (bicyclic) bond motifs is 1. The summed E-state index contributed by atoms with van der Waals surface area (Å²) in [5.41, 5.74) is 0. The van der Waals surface area contributed by atoms with Gasteiger partial charge < -0.3 is 14.5 Å². The van der Waals surface area contributed by atoms with Gasteiger partial charge in [0.1, 0.15) is 0 Å².